The number of aromatic carboxylic acids is 1. The summed E-state index contributed by atoms with van der Waals surface area (Å²) in [5.74, 6) is -1.37. The van der Waals surface area contributed by atoms with Crippen LogP contribution in [0.2, 0.25) is 0 Å². The minimum absolute atomic E-state index is 0.00604. The van der Waals surface area contributed by atoms with Crippen molar-refractivity contribution in [2.45, 2.75) is 0 Å². The van der Waals surface area contributed by atoms with E-state index in [-0.39, 0.29) is 34.3 Å². The molecule has 1 aromatic heterocycles. The molecule has 10 heteroatoms. The monoisotopic (exact) mass is 293 g/mol. The van der Waals surface area contributed by atoms with E-state index in [4.69, 9.17) is 15.6 Å². The topological polar surface area (TPSA) is 156 Å². The molecule has 0 radical (unpaired) electrons. The summed E-state index contributed by atoms with van der Waals surface area (Å²) in [6.45, 7) is 0. The number of ether oxygens (including phenoxy) is 1. The van der Waals surface area contributed by atoms with Gasteiger partial charge < -0.3 is 20.7 Å². The standard InChI is InChI=1S/C11H11N5O5/c1-20-8-6(5(11(18)19)2-3-7(8)17)4-13-14-10-9(12)15-21-16-10/h2-4,17H,1H3,(H2,12,15)(H,14,16)(H,18,19)/b13-4+. The highest BCUT2D eigenvalue weighted by atomic mass is 16.6. The fraction of sp³-hybridized carbons (Fsp3) is 0.0909. The van der Waals surface area contributed by atoms with Gasteiger partial charge in [-0.1, -0.05) is 0 Å². The van der Waals surface area contributed by atoms with Gasteiger partial charge in [-0.05, 0) is 22.4 Å². The van der Waals surface area contributed by atoms with Gasteiger partial charge in [0.05, 0.1) is 24.5 Å². The molecular weight excluding hydrogens is 282 g/mol. The van der Waals surface area contributed by atoms with Crippen LogP contribution in [0.25, 0.3) is 0 Å². The highest BCUT2D eigenvalue weighted by Crippen LogP contribution is 2.31. The first-order valence-electron chi connectivity index (χ1n) is 5.55. The number of nitrogens with one attached hydrogen (secondary N) is 1. The molecular formula is C11H11N5O5. The SMILES string of the molecule is COc1c(O)ccc(C(=O)O)c1/C=N/Nc1nonc1N. The molecule has 21 heavy (non-hydrogen) atoms. The lowest BCUT2D eigenvalue weighted by Crippen LogP contribution is -2.05. The van der Waals surface area contributed by atoms with Crippen LogP contribution in [0.5, 0.6) is 11.5 Å². The number of methoxy groups -OCH3 is 1. The number of carbonyl (C=O) groups is 1. The normalized spacial score (nSPS) is 10.7. The second kappa shape index (κ2) is 5.77. The third kappa shape index (κ3) is 2.83. The second-order valence-electron chi connectivity index (χ2n) is 3.75. The van der Waals surface area contributed by atoms with Gasteiger partial charge in [0.25, 0.3) is 0 Å². The molecule has 0 aliphatic heterocycles. The number of hydrogen-bond acceptors (Lipinski definition) is 9. The minimum Gasteiger partial charge on any atom is -0.504 e. The lowest BCUT2D eigenvalue weighted by atomic mass is 10.1. The summed E-state index contributed by atoms with van der Waals surface area (Å²) < 4.78 is 9.33. The average Bonchev–Trinajstić information content (AvgIpc) is 2.84. The van der Waals surface area contributed by atoms with Gasteiger partial charge in [-0.25, -0.2) is 9.42 Å². The maximum absolute atomic E-state index is 11.2. The quantitative estimate of drug-likeness (QED) is 0.455. The number of nitrogens with zero attached hydrogens (tertiary/aromatic N) is 3. The van der Waals surface area contributed by atoms with E-state index >= 15 is 0 Å². The van der Waals surface area contributed by atoms with Gasteiger partial charge in [-0.2, -0.15) is 5.10 Å². The van der Waals surface area contributed by atoms with E-state index in [2.05, 4.69) is 25.5 Å². The van der Waals surface area contributed by atoms with Gasteiger partial charge in [-0.15, -0.1) is 0 Å². The Morgan fingerprint density at radius 2 is 2.29 bits per heavy atom. The molecule has 2 rings (SSSR count). The van der Waals surface area contributed by atoms with Crippen molar-refractivity contribution in [2.75, 3.05) is 18.3 Å². The summed E-state index contributed by atoms with van der Waals surface area (Å²) in [5, 5.41) is 29.3. The molecule has 1 aromatic carbocycles. The number of carboxylic acids is 1. The van der Waals surface area contributed by atoms with Gasteiger partial charge in [0.2, 0.25) is 11.6 Å². The van der Waals surface area contributed by atoms with E-state index in [1.54, 1.807) is 0 Å². The predicted octanol–water partition coefficient (Wildman–Crippen LogP) is 0.510. The molecule has 0 saturated heterocycles. The molecule has 0 fully saturated rings. The zero-order valence-electron chi connectivity index (χ0n) is 10.8. The minimum atomic E-state index is -1.20. The smallest absolute Gasteiger partial charge is 0.336 e. The fourth-order valence-corrected chi connectivity index (χ4v) is 1.55. The molecule has 0 unspecified atom stereocenters. The van der Waals surface area contributed by atoms with E-state index in [0.717, 1.165) is 6.21 Å². The molecule has 0 saturated carbocycles. The van der Waals surface area contributed by atoms with Gasteiger partial charge in [0.1, 0.15) is 0 Å². The number of nitrogen functional groups attached to an aromatic ring is 1. The molecule has 0 aliphatic carbocycles. The van der Waals surface area contributed by atoms with Crippen LogP contribution in [-0.4, -0.2) is 39.8 Å². The van der Waals surface area contributed by atoms with E-state index in [1.807, 2.05) is 0 Å². The Bertz CT molecular complexity index is 696. The van der Waals surface area contributed by atoms with Crippen LogP contribution in [-0.2, 0) is 0 Å². The van der Waals surface area contributed by atoms with Crippen molar-refractivity contribution in [3.8, 4) is 11.5 Å². The Hall–Kier alpha value is -3.30. The van der Waals surface area contributed by atoms with Crippen molar-refractivity contribution in [3.63, 3.8) is 0 Å². The van der Waals surface area contributed by atoms with Crippen molar-refractivity contribution in [3.05, 3.63) is 23.3 Å². The number of aromatic nitrogens is 2. The van der Waals surface area contributed by atoms with Crippen molar-refractivity contribution < 1.29 is 24.4 Å². The molecule has 0 atom stereocenters. The van der Waals surface area contributed by atoms with Gasteiger partial charge in [-0.3, -0.25) is 5.43 Å². The third-order valence-corrected chi connectivity index (χ3v) is 2.49. The molecule has 10 nitrogen and oxygen atoms in total. The van der Waals surface area contributed by atoms with Crippen LogP contribution >= 0.6 is 0 Å². The molecule has 0 amide bonds. The number of carboxylic acid groups (broad SMARTS) is 1. The molecule has 1 heterocycles. The summed E-state index contributed by atoms with van der Waals surface area (Å²) in [4.78, 5) is 11.2. The molecule has 0 bridgehead atoms. The van der Waals surface area contributed by atoms with Gasteiger partial charge in [0.15, 0.2) is 11.5 Å². The summed E-state index contributed by atoms with van der Waals surface area (Å²) in [7, 11) is 1.30. The molecule has 110 valence electrons. The molecule has 5 N–H and O–H groups in total. The lowest BCUT2D eigenvalue weighted by Gasteiger charge is -2.09. The Labute approximate surface area is 117 Å². The van der Waals surface area contributed by atoms with Crippen molar-refractivity contribution in [1.82, 2.24) is 10.3 Å². The third-order valence-electron chi connectivity index (χ3n) is 2.49. The first-order chi connectivity index (χ1) is 10.0. The summed E-state index contributed by atoms with van der Waals surface area (Å²) >= 11 is 0. The number of rotatable bonds is 5. The number of benzene rings is 1. The van der Waals surface area contributed by atoms with Crippen molar-refractivity contribution in [2.24, 2.45) is 5.10 Å². The average molecular weight is 293 g/mol. The van der Waals surface area contributed by atoms with E-state index in [0.29, 0.717) is 0 Å². The largest absolute Gasteiger partial charge is 0.504 e. The summed E-state index contributed by atoms with van der Waals surface area (Å²) in [6.07, 6.45) is 1.15. The fourth-order valence-electron chi connectivity index (χ4n) is 1.55. The van der Waals surface area contributed by atoms with Crippen LogP contribution in [0.3, 0.4) is 0 Å². The van der Waals surface area contributed by atoms with Gasteiger partial charge >= 0.3 is 5.97 Å². The highest BCUT2D eigenvalue weighted by molar-refractivity contribution is 6.01. The van der Waals surface area contributed by atoms with Crippen molar-refractivity contribution >= 4 is 23.8 Å². The number of anilines is 2. The van der Waals surface area contributed by atoms with Crippen molar-refractivity contribution in [1.29, 1.82) is 0 Å². The van der Waals surface area contributed by atoms with Crippen LogP contribution in [0.15, 0.2) is 21.9 Å². The Morgan fingerprint density at radius 1 is 1.52 bits per heavy atom. The number of hydrazone groups is 1. The first kappa shape index (κ1) is 14.1. The van der Waals surface area contributed by atoms with Crippen LogP contribution in [0, 0.1) is 0 Å². The van der Waals surface area contributed by atoms with Crippen LogP contribution in [0.4, 0.5) is 11.6 Å². The number of aromatic hydroxyl groups is 1. The second-order valence-corrected chi connectivity index (χ2v) is 3.75. The molecule has 0 aliphatic rings. The number of hydrogen-bond donors (Lipinski definition) is 4. The first-order valence-corrected chi connectivity index (χ1v) is 5.55. The Morgan fingerprint density at radius 3 is 2.86 bits per heavy atom. The Balaban J connectivity index is 2.35. The number of phenols is 1. The molecule has 2 aromatic rings. The number of nitrogens with two attached hydrogens (primary N) is 1. The summed E-state index contributed by atoms with van der Waals surface area (Å²) in [6, 6.07) is 2.44. The zero-order chi connectivity index (χ0) is 15.4. The van der Waals surface area contributed by atoms with E-state index in [9.17, 15) is 9.90 Å². The lowest BCUT2D eigenvalue weighted by molar-refractivity contribution is 0.0696. The summed E-state index contributed by atoms with van der Waals surface area (Å²) in [5.41, 5.74) is 7.82. The van der Waals surface area contributed by atoms with E-state index in [1.165, 1.54) is 19.2 Å². The maximum atomic E-state index is 11.2. The van der Waals surface area contributed by atoms with E-state index < -0.39 is 5.97 Å². The molecule has 0 spiro atoms. The highest BCUT2D eigenvalue weighted by Gasteiger charge is 2.17. The van der Waals surface area contributed by atoms with Gasteiger partial charge in [0, 0.05) is 0 Å². The zero-order valence-corrected chi connectivity index (χ0v) is 10.8. The number of phenolic OH excluding ortho intramolecular Hbond substituents is 1. The predicted molar refractivity (Wildman–Crippen MR) is 71.5 cm³/mol. The Kier molecular flexibility index (Phi) is 3.88. The van der Waals surface area contributed by atoms with Crippen LogP contribution in [0.1, 0.15) is 15.9 Å². The van der Waals surface area contributed by atoms with Crippen LogP contribution < -0.4 is 15.9 Å². The maximum Gasteiger partial charge on any atom is 0.336 e.